The SMILES string of the molecule is C[C@H]1CCCC[C@H]1NC(=O)CSc1nc2ccccc2c(=O)n1-c1ncn[nH]1. The number of amides is 1. The summed E-state index contributed by atoms with van der Waals surface area (Å²) in [5.41, 5.74) is 0.346. The van der Waals surface area contributed by atoms with E-state index < -0.39 is 0 Å². The van der Waals surface area contributed by atoms with Crippen LogP contribution >= 0.6 is 11.8 Å². The normalized spacial score (nSPS) is 19.6. The first-order chi connectivity index (χ1) is 13.6. The minimum Gasteiger partial charge on any atom is -0.352 e. The van der Waals surface area contributed by atoms with Crippen LogP contribution in [0.15, 0.2) is 40.5 Å². The molecule has 4 rings (SSSR count). The van der Waals surface area contributed by atoms with Gasteiger partial charge in [0.05, 0.1) is 16.7 Å². The van der Waals surface area contributed by atoms with Crippen LogP contribution in [0.3, 0.4) is 0 Å². The Bertz CT molecular complexity index is 1030. The third-order valence-corrected chi connectivity index (χ3v) is 6.09. The van der Waals surface area contributed by atoms with Gasteiger partial charge in [-0.2, -0.15) is 10.1 Å². The molecule has 0 saturated heterocycles. The fourth-order valence-electron chi connectivity index (χ4n) is 3.61. The van der Waals surface area contributed by atoms with Crippen LogP contribution in [0.2, 0.25) is 0 Å². The zero-order valence-electron chi connectivity index (χ0n) is 15.6. The first kappa shape index (κ1) is 18.7. The standard InChI is InChI=1S/C19H22N6O2S/c1-12-6-2-4-8-14(12)22-16(26)10-28-19-23-15-9-5-3-7-13(15)17(27)25(19)18-20-11-21-24-18/h3,5,7,9,11-12,14H,2,4,6,8,10H2,1H3,(H,22,26)(H,20,21,24)/t12-,14+/m0/s1. The Kier molecular flexibility index (Phi) is 5.43. The molecule has 28 heavy (non-hydrogen) atoms. The van der Waals surface area contributed by atoms with Crippen molar-refractivity contribution in [1.82, 2.24) is 30.0 Å². The average molecular weight is 398 g/mol. The van der Waals surface area contributed by atoms with Gasteiger partial charge in [-0.1, -0.05) is 43.7 Å². The summed E-state index contributed by atoms with van der Waals surface area (Å²) in [5, 5.41) is 10.6. The summed E-state index contributed by atoms with van der Waals surface area (Å²) < 4.78 is 1.37. The number of thioether (sulfide) groups is 1. The van der Waals surface area contributed by atoms with Crippen molar-refractivity contribution >= 4 is 28.6 Å². The fourth-order valence-corrected chi connectivity index (χ4v) is 4.42. The molecule has 1 fully saturated rings. The zero-order valence-corrected chi connectivity index (χ0v) is 16.4. The van der Waals surface area contributed by atoms with E-state index in [0.29, 0.717) is 22.0 Å². The number of hydrogen-bond acceptors (Lipinski definition) is 6. The largest absolute Gasteiger partial charge is 0.352 e. The lowest BCUT2D eigenvalue weighted by Crippen LogP contribution is -2.41. The molecule has 0 unspecified atom stereocenters. The smallest absolute Gasteiger partial charge is 0.269 e. The minimum absolute atomic E-state index is 0.0460. The number of H-pyrrole nitrogens is 1. The number of nitrogens with one attached hydrogen (secondary N) is 2. The predicted molar refractivity (Wildman–Crippen MR) is 108 cm³/mol. The second-order valence-electron chi connectivity index (χ2n) is 7.09. The number of nitrogens with zero attached hydrogens (tertiary/aromatic N) is 4. The fraction of sp³-hybridized carbons (Fsp3) is 0.421. The summed E-state index contributed by atoms with van der Waals surface area (Å²) in [6, 6.07) is 7.36. The van der Waals surface area contributed by atoms with Gasteiger partial charge in [0.15, 0.2) is 5.16 Å². The third-order valence-electron chi connectivity index (χ3n) is 5.15. The van der Waals surface area contributed by atoms with E-state index in [1.165, 1.54) is 29.1 Å². The molecule has 8 nitrogen and oxygen atoms in total. The Morgan fingerprint density at radius 2 is 2.14 bits per heavy atom. The van der Waals surface area contributed by atoms with Crippen LogP contribution in [0.25, 0.3) is 16.9 Å². The molecule has 1 amide bonds. The molecule has 146 valence electrons. The molecule has 0 aliphatic heterocycles. The second-order valence-corrected chi connectivity index (χ2v) is 8.03. The molecular weight excluding hydrogens is 376 g/mol. The highest BCUT2D eigenvalue weighted by Gasteiger charge is 2.23. The van der Waals surface area contributed by atoms with Crippen molar-refractivity contribution < 1.29 is 4.79 Å². The predicted octanol–water partition coefficient (Wildman–Crippen LogP) is 2.29. The third kappa shape index (κ3) is 3.80. The van der Waals surface area contributed by atoms with E-state index in [2.05, 4.69) is 32.4 Å². The van der Waals surface area contributed by atoms with Crippen molar-refractivity contribution in [2.45, 2.75) is 43.8 Å². The summed E-state index contributed by atoms with van der Waals surface area (Å²) in [7, 11) is 0. The maximum atomic E-state index is 13.0. The zero-order chi connectivity index (χ0) is 19.5. The van der Waals surface area contributed by atoms with Gasteiger partial charge < -0.3 is 5.32 Å². The summed E-state index contributed by atoms with van der Waals surface area (Å²) in [4.78, 5) is 34.1. The Labute approximate surface area is 166 Å². The van der Waals surface area contributed by atoms with Crippen molar-refractivity contribution in [3.05, 3.63) is 40.9 Å². The van der Waals surface area contributed by atoms with Crippen LogP contribution in [-0.2, 0) is 4.79 Å². The topological polar surface area (TPSA) is 106 Å². The number of fused-ring (bicyclic) bond motifs is 1. The van der Waals surface area contributed by atoms with Crippen molar-refractivity contribution in [2.75, 3.05) is 5.75 Å². The summed E-state index contributed by atoms with van der Waals surface area (Å²) in [6.07, 6.45) is 5.89. The van der Waals surface area contributed by atoms with Gasteiger partial charge in [-0.25, -0.2) is 14.6 Å². The molecular formula is C19H22N6O2S. The summed E-state index contributed by atoms with van der Waals surface area (Å²) >= 11 is 1.22. The summed E-state index contributed by atoms with van der Waals surface area (Å²) in [6.45, 7) is 2.18. The van der Waals surface area contributed by atoms with Gasteiger partial charge in [-0.15, -0.1) is 0 Å². The van der Waals surface area contributed by atoms with E-state index in [4.69, 9.17) is 0 Å². The molecule has 9 heteroatoms. The number of carbonyl (C=O) groups excluding carboxylic acids is 1. The number of para-hydroxylation sites is 1. The van der Waals surface area contributed by atoms with Crippen LogP contribution in [0, 0.1) is 5.92 Å². The number of carbonyl (C=O) groups is 1. The maximum Gasteiger partial charge on any atom is 0.269 e. The van der Waals surface area contributed by atoms with Crippen LogP contribution < -0.4 is 10.9 Å². The van der Waals surface area contributed by atoms with Crippen molar-refractivity contribution in [1.29, 1.82) is 0 Å². The highest BCUT2D eigenvalue weighted by molar-refractivity contribution is 7.99. The minimum atomic E-state index is -0.244. The highest BCUT2D eigenvalue weighted by Crippen LogP contribution is 2.24. The lowest BCUT2D eigenvalue weighted by Gasteiger charge is -2.29. The van der Waals surface area contributed by atoms with Gasteiger partial charge in [0.2, 0.25) is 11.9 Å². The van der Waals surface area contributed by atoms with Crippen LogP contribution in [0.1, 0.15) is 32.6 Å². The molecule has 1 aromatic carbocycles. The van der Waals surface area contributed by atoms with E-state index in [1.54, 1.807) is 18.2 Å². The molecule has 0 bridgehead atoms. The molecule has 2 heterocycles. The van der Waals surface area contributed by atoms with Crippen molar-refractivity contribution in [3.8, 4) is 5.95 Å². The lowest BCUT2D eigenvalue weighted by atomic mass is 9.86. The van der Waals surface area contributed by atoms with E-state index in [9.17, 15) is 9.59 Å². The number of hydrogen-bond donors (Lipinski definition) is 2. The monoisotopic (exact) mass is 398 g/mol. The molecule has 1 aliphatic carbocycles. The van der Waals surface area contributed by atoms with E-state index in [-0.39, 0.29) is 29.2 Å². The molecule has 2 N–H and O–H groups in total. The number of benzene rings is 1. The highest BCUT2D eigenvalue weighted by atomic mass is 32.2. The molecule has 0 radical (unpaired) electrons. The van der Waals surface area contributed by atoms with E-state index in [1.807, 2.05) is 6.07 Å². The van der Waals surface area contributed by atoms with E-state index >= 15 is 0 Å². The van der Waals surface area contributed by atoms with Gasteiger partial charge in [0.1, 0.15) is 6.33 Å². The Balaban J connectivity index is 1.58. The van der Waals surface area contributed by atoms with Gasteiger partial charge in [0.25, 0.3) is 5.56 Å². The first-order valence-electron chi connectivity index (χ1n) is 9.43. The van der Waals surface area contributed by atoms with Crippen molar-refractivity contribution in [2.24, 2.45) is 5.92 Å². The first-order valence-corrected chi connectivity index (χ1v) is 10.4. The average Bonchev–Trinajstić information content (AvgIpc) is 3.22. The van der Waals surface area contributed by atoms with Gasteiger partial charge in [-0.05, 0) is 30.9 Å². The maximum absolute atomic E-state index is 13.0. The van der Waals surface area contributed by atoms with Crippen LogP contribution in [-0.4, -0.2) is 42.4 Å². The molecule has 2 atom stereocenters. The molecule has 3 aromatic rings. The van der Waals surface area contributed by atoms with Crippen molar-refractivity contribution in [3.63, 3.8) is 0 Å². The molecule has 1 aliphatic rings. The van der Waals surface area contributed by atoms with Gasteiger partial charge in [-0.3, -0.25) is 9.59 Å². The van der Waals surface area contributed by atoms with E-state index in [0.717, 1.165) is 19.3 Å². The quantitative estimate of drug-likeness (QED) is 0.505. The number of aromatic nitrogens is 5. The van der Waals surface area contributed by atoms with Crippen LogP contribution in [0.5, 0.6) is 0 Å². The Hall–Kier alpha value is -2.68. The molecule has 1 saturated carbocycles. The lowest BCUT2D eigenvalue weighted by molar-refractivity contribution is -0.119. The van der Waals surface area contributed by atoms with Gasteiger partial charge in [0, 0.05) is 6.04 Å². The second kappa shape index (κ2) is 8.14. The summed E-state index contributed by atoms with van der Waals surface area (Å²) in [5.74, 6) is 0.915. The number of rotatable bonds is 5. The number of aromatic amines is 1. The Morgan fingerprint density at radius 3 is 2.93 bits per heavy atom. The molecule has 2 aromatic heterocycles. The van der Waals surface area contributed by atoms with Crippen LogP contribution in [0.4, 0.5) is 0 Å². The molecule has 0 spiro atoms. The van der Waals surface area contributed by atoms with Gasteiger partial charge >= 0.3 is 0 Å². The Morgan fingerprint density at radius 1 is 1.32 bits per heavy atom.